The maximum absolute atomic E-state index is 3.77. The second-order valence-electron chi connectivity index (χ2n) is 5.59. The van der Waals surface area contributed by atoms with Gasteiger partial charge in [0.1, 0.15) is 0 Å². The Balaban J connectivity index is 1.94. The molecule has 100 valence electrons. The van der Waals surface area contributed by atoms with Crippen molar-refractivity contribution in [1.82, 2.24) is 10.2 Å². The third kappa shape index (κ3) is 3.56. The molecule has 1 aliphatic carbocycles. The van der Waals surface area contributed by atoms with Crippen LogP contribution < -0.4 is 5.32 Å². The van der Waals surface area contributed by atoms with Crippen molar-refractivity contribution in [3.8, 4) is 0 Å². The average Bonchev–Trinajstić information content (AvgIpc) is 2.69. The first kappa shape index (κ1) is 14.0. The molecular weight excluding hydrogens is 288 g/mol. The average molecular weight is 311 g/mol. The molecule has 18 heavy (non-hydrogen) atoms. The number of fused-ring (bicyclic) bond motifs is 1. The summed E-state index contributed by atoms with van der Waals surface area (Å²) < 4.78 is 1.19. The van der Waals surface area contributed by atoms with Gasteiger partial charge in [0.25, 0.3) is 0 Å². The SMILES string of the molecule is CC(CCN(C)C)NC1CCc2ccc(Br)cc21. The molecule has 2 nitrogen and oxygen atoms in total. The van der Waals surface area contributed by atoms with Crippen LogP contribution in [0.15, 0.2) is 22.7 Å². The number of nitrogens with zero attached hydrogens (tertiary/aromatic N) is 1. The minimum atomic E-state index is 0.537. The summed E-state index contributed by atoms with van der Waals surface area (Å²) >= 11 is 3.57. The fraction of sp³-hybridized carbons (Fsp3) is 0.600. The fourth-order valence-electron chi connectivity index (χ4n) is 2.62. The molecule has 2 atom stereocenters. The second-order valence-corrected chi connectivity index (χ2v) is 6.51. The van der Waals surface area contributed by atoms with Crippen molar-refractivity contribution in [2.45, 2.75) is 38.3 Å². The Morgan fingerprint density at radius 2 is 2.22 bits per heavy atom. The molecule has 2 unspecified atom stereocenters. The van der Waals surface area contributed by atoms with Gasteiger partial charge < -0.3 is 10.2 Å². The van der Waals surface area contributed by atoms with Crippen LogP contribution in [0, 0.1) is 0 Å². The van der Waals surface area contributed by atoms with Crippen molar-refractivity contribution in [3.05, 3.63) is 33.8 Å². The highest BCUT2D eigenvalue weighted by Crippen LogP contribution is 2.33. The molecule has 0 aliphatic heterocycles. The van der Waals surface area contributed by atoms with E-state index in [0.29, 0.717) is 12.1 Å². The Labute approximate surface area is 119 Å². The summed E-state index contributed by atoms with van der Waals surface area (Å²) in [5, 5.41) is 3.77. The fourth-order valence-corrected chi connectivity index (χ4v) is 3.00. The third-order valence-corrected chi connectivity index (χ3v) is 4.17. The van der Waals surface area contributed by atoms with Crippen LogP contribution in [0.5, 0.6) is 0 Å². The van der Waals surface area contributed by atoms with Crippen LogP contribution in [-0.4, -0.2) is 31.6 Å². The van der Waals surface area contributed by atoms with Crippen LogP contribution in [0.1, 0.15) is 36.9 Å². The van der Waals surface area contributed by atoms with E-state index in [1.54, 1.807) is 0 Å². The van der Waals surface area contributed by atoms with E-state index in [9.17, 15) is 0 Å². The zero-order chi connectivity index (χ0) is 13.1. The van der Waals surface area contributed by atoms with Gasteiger partial charge in [-0.2, -0.15) is 0 Å². The number of hydrogen-bond donors (Lipinski definition) is 1. The summed E-state index contributed by atoms with van der Waals surface area (Å²) in [7, 11) is 4.27. The molecule has 0 fully saturated rings. The molecule has 0 heterocycles. The maximum atomic E-state index is 3.77. The minimum absolute atomic E-state index is 0.537. The van der Waals surface area contributed by atoms with Gasteiger partial charge in [0, 0.05) is 16.6 Å². The predicted octanol–water partition coefficient (Wildman–Crippen LogP) is 3.37. The van der Waals surface area contributed by atoms with Gasteiger partial charge >= 0.3 is 0 Å². The van der Waals surface area contributed by atoms with E-state index in [0.717, 1.165) is 6.54 Å². The van der Waals surface area contributed by atoms with Gasteiger partial charge in [0.05, 0.1) is 0 Å². The lowest BCUT2D eigenvalue weighted by molar-refractivity contribution is 0.349. The summed E-state index contributed by atoms with van der Waals surface area (Å²) in [5.74, 6) is 0. The smallest absolute Gasteiger partial charge is 0.0328 e. The van der Waals surface area contributed by atoms with Crippen LogP contribution in [0.2, 0.25) is 0 Å². The van der Waals surface area contributed by atoms with Crippen LogP contribution in [0.4, 0.5) is 0 Å². The molecule has 1 N–H and O–H groups in total. The Kier molecular flexibility index (Phi) is 4.82. The van der Waals surface area contributed by atoms with Gasteiger partial charge in [0.15, 0.2) is 0 Å². The molecule has 1 aliphatic rings. The summed E-state index contributed by atoms with van der Waals surface area (Å²) in [6.45, 7) is 3.44. The van der Waals surface area contributed by atoms with E-state index in [-0.39, 0.29) is 0 Å². The quantitative estimate of drug-likeness (QED) is 0.897. The Morgan fingerprint density at radius 1 is 1.44 bits per heavy atom. The molecule has 0 saturated carbocycles. The lowest BCUT2D eigenvalue weighted by Crippen LogP contribution is -2.32. The van der Waals surface area contributed by atoms with Crippen LogP contribution in [0.3, 0.4) is 0 Å². The van der Waals surface area contributed by atoms with Crippen molar-refractivity contribution in [3.63, 3.8) is 0 Å². The van der Waals surface area contributed by atoms with Crippen molar-refractivity contribution in [1.29, 1.82) is 0 Å². The normalized spacial score (nSPS) is 20.2. The van der Waals surface area contributed by atoms with Crippen LogP contribution >= 0.6 is 15.9 Å². The first-order chi connectivity index (χ1) is 8.56. The van der Waals surface area contributed by atoms with E-state index in [2.05, 4.69) is 65.4 Å². The monoisotopic (exact) mass is 310 g/mol. The molecule has 0 bridgehead atoms. The lowest BCUT2D eigenvalue weighted by Gasteiger charge is -2.22. The summed E-state index contributed by atoms with van der Waals surface area (Å²) in [5.41, 5.74) is 3.00. The standard InChI is InChI=1S/C15H23BrN2/c1-11(8-9-18(2)3)17-15-7-5-12-4-6-13(16)10-14(12)15/h4,6,10-11,15,17H,5,7-9H2,1-3H3. The molecule has 1 aromatic carbocycles. The van der Waals surface area contributed by atoms with Gasteiger partial charge in [-0.3, -0.25) is 0 Å². The molecule has 1 aromatic rings. The maximum Gasteiger partial charge on any atom is 0.0328 e. The van der Waals surface area contributed by atoms with Crippen molar-refractivity contribution < 1.29 is 0 Å². The number of rotatable bonds is 5. The topological polar surface area (TPSA) is 15.3 Å². The number of benzene rings is 1. The molecule has 3 heteroatoms. The number of nitrogens with one attached hydrogen (secondary N) is 1. The van der Waals surface area contributed by atoms with Gasteiger partial charge in [-0.05, 0) is 70.1 Å². The van der Waals surface area contributed by atoms with E-state index >= 15 is 0 Å². The first-order valence-corrected chi connectivity index (χ1v) is 7.54. The van der Waals surface area contributed by atoms with E-state index in [1.165, 1.54) is 34.9 Å². The largest absolute Gasteiger partial charge is 0.309 e. The minimum Gasteiger partial charge on any atom is -0.309 e. The van der Waals surface area contributed by atoms with Gasteiger partial charge in [0.2, 0.25) is 0 Å². The van der Waals surface area contributed by atoms with E-state index < -0.39 is 0 Å². The number of aryl methyl sites for hydroxylation is 1. The van der Waals surface area contributed by atoms with Gasteiger partial charge in [-0.1, -0.05) is 22.0 Å². The Morgan fingerprint density at radius 3 is 2.94 bits per heavy atom. The van der Waals surface area contributed by atoms with Crippen molar-refractivity contribution in [2.75, 3.05) is 20.6 Å². The van der Waals surface area contributed by atoms with Crippen molar-refractivity contribution >= 4 is 15.9 Å². The number of halogens is 1. The van der Waals surface area contributed by atoms with Crippen LogP contribution in [0.25, 0.3) is 0 Å². The highest BCUT2D eigenvalue weighted by atomic mass is 79.9. The Hall–Kier alpha value is -0.380. The summed E-state index contributed by atoms with van der Waals surface area (Å²) in [6.07, 6.45) is 3.64. The zero-order valence-corrected chi connectivity index (χ0v) is 13.1. The molecule has 0 aromatic heterocycles. The van der Waals surface area contributed by atoms with Crippen molar-refractivity contribution in [2.24, 2.45) is 0 Å². The van der Waals surface area contributed by atoms with Gasteiger partial charge in [-0.25, -0.2) is 0 Å². The predicted molar refractivity (Wildman–Crippen MR) is 81.0 cm³/mol. The molecule has 0 radical (unpaired) electrons. The van der Waals surface area contributed by atoms with Crippen LogP contribution in [-0.2, 0) is 6.42 Å². The molecule has 2 rings (SSSR count). The summed E-state index contributed by atoms with van der Waals surface area (Å²) in [6, 6.07) is 7.79. The molecule has 0 saturated heterocycles. The molecule has 0 amide bonds. The summed E-state index contributed by atoms with van der Waals surface area (Å²) in [4.78, 5) is 2.25. The zero-order valence-electron chi connectivity index (χ0n) is 11.5. The Bertz CT molecular complexity index is 403. The first-order valence-electron chi connectivity index (χ1n) is 6.75. The molecular formula is C15H23BrN2. The van der Waals surface area contributed by atoms with Gasteiger partial charge in [-0.15, -0.1) is 0 Å². The highest BCUT2D eigenvalue weighted by Gasteiger charge is 2.23. The third-order valence-electron chi connectivity index (χ3n) is 3.68. The lowest BCUT2D eigenvalue weighted by atomic mass is 10.1. The molecule has 0 spiro atoms. The van der Waals surface area contributed by atoms with E-state index in [4.69, 9.17) is 0 Å². The van der Waals surface area contributed by atoms with E-state index in [1.807, 2.05) is 0 Å². The number of hydrogen-bond acceptors (Lipinski definition) is 2. The highest BCUT2D eigenvalue weighted by molar-refractivity contribution is 9.10. The second kappa shape index (κ2) is 6.18.